The van der Waals surface area contributed by atoms with Gasteiger partial charge in [-0.15, -0.1) is 15.3 Å². The Morgan fingerprint density at radius 1 is 1.11 bits per heavy atom. The van der Waals surface area contributed by atoms with Gasteiger partial charge in [0.05, 0.1) is 11.4 Å². The summed E-state index contributed by atoms with van der Waals surface area (Å²) in [6, 6.07) is 5.86. The van der Waals surface area contributed by atoms with E-state index in [0.29, 0.717) is 20.0 Å². The first kappa shape index (κ1) is 19.4. The second-order valence-corrected chi connectivity index (χ2v) is 8.62. The molecule has 0 aliphatic heterocycles. The lowest BCUT2D eigenvalue weighted by atomic mass is 10.1. The molecule has 0 saturated heterocycles. The molecule has 27 heavy (non-hydrogen) atoms. The molecule has 2 N–H and O–H groups in total. The summed E-state index contributed by atoms with van der Waals surface area (Å²) in [7, 11) is 0. The molecule has 0 atom stereocenters. The van der Waals surface area contributed by atoms with Gasteiger partial charge in [-0.25, -0.2) is 0 Å². The standard InChI is InChI=1S/C16H16N6O2S3/c1-8-4-5-11(9(2)6-8)17-12(23)7-25-16-21-20-15(26-16)18-14(24)13-10(3)19-22-27-13/h4-6H,7H2,1-3H3,(H,17,23)(H,18,20,24). The van der Waals surface area contributed by atoms with Crippen molar-refractivity contribution in [1.82, 2.24) is 19.8 Å². The van der Waals surface area contributed by atoms with Crippen LogP contribution in [0, 0.1) is 20.8 Å². The van der Waals surface area contributed by atoms with Gasteiger partial charge in [0.1, 0.15) is 4.88 Å². The van der Waals surface area contributed by atoms with E-state index in [9.17, 15) is 9.59 Å². The number of benzene rings is 1. The molecule has 1 aromatic carbocycles. The van der Waals surface area contributed by atoms with Gasteiger partial charge in [-0.1, -0.05) is 45.3 Å². The van der Waals surface area contributed by atoms with Crippen molar-refractivity contribution in [3.63, 3.8) is 0 Å². The lowest BCUT2D eigenvalue weighted by Crippen LogP contribution is -2.14. The number of thioether (sulfide) groups is 1. The lowest BCUT2D eigenvalue weighted by molar-refractivity contribution is -0.113. The molecule has 0 radical (unpaired) electrons. The van der Waals surface area contributed by atoms with E-state index in [1.54, 1.807) is 6.92 Å². The molecule has 0 saturated carbocycles. The molecule has 0 bridgehead atoms. The van der Waals surface area contributed by atoms with Crippen LogP contribution in [-0.4, -0.2) is 37.4 Å². The summed E-state index contributed by atoms with van der Waals surface area (Å²) >= 11 is 3.50. The highest BCUT2D eigenvalue weighted by Crippen LogP contribution is 2.26. The molecule has 0 aliphatic rings. The summed E-state index contributed by atoms with van der Waals surface area (Å²) in [6.07, 6.45) is 0. The number of carbonyl (C=O) groups excluding carboxylic acids is 2. The number of nitrogens with one attached hydrogen (secondary N) is 2. The maximum Gasteiger partial charge on any atom is 0.271 e. The zero-order valence-corrected chi connectivity index (χ0v) is 17.2. The molecule has 2 aromatic heterocycles. The van der Waals surface area contributed by atoms with E-state index in [0.717, 1.165) is 28.3 Å². The van der Waals surface area contributed by atoms with Crippen LogP contribution in [-0.2, 0) is 4.79 Å². The fourth-order valence-corrected chi connectivity index (χ4v) is 4.28. The number of hydrogen-bond acceptors (Lipinski definition) is 9. The quantitative estimate of drug-likeness (QED) is 0.465. The van der Waals surface area contributed by atoms with E-state index in [1.165, 1.54) is 23.1 Å². The van der Waals surface area contributed by atoms with E-state index in [2.05, 4.69) is 30.4 Å². The zero-order valence-electron chi connectivity index (χ0n) is 14.8. The van der Waals surface area contributed by atoms with Gasteiger partial charge in [-0.3, -0.25) is 14.9 Å². The van der Waals surface area contributed by atoms with Crippen molar-refractivity contribution in [2.75, 3.05) is 16.4 Å². The predicted molar refractivity (Wildman–Crippen MR) is 108 cm³/mol. The highest BCUT2D eigenvalue weighted by atomic mass is 32.2. The van der Waals surface area contributed by atoms with Crippen molar-refractivity contribution >= 4 is 57.3 Å². The Bertz CT molecular complexity index is 984. The third-order valence-corrected chi connectivity index (χ3v) is 6.27. The Labute approximate surface area is 168 Å². The molecule has 0 spiro atoms. The Balaban J connectivity index is 1.52. The summed E-state index contributed by atoms with van der Waals surface area (Å²) in [5, 5.41) is 17.6. The maximum absolute atomic E-state index is 12.1. The van der Waals surface area contributed by atoms with Gasteiger partial charge in [-0.05, 0) is 43.9 Å². The Morgan fingerprint density at radius 2 is 1.93 bits per heavy atom. The van der Waals surface area contributed by atoms with E-state index < -0.39 is 0 Å². The molecule has 11 heteroatoms. The molecular weight excluding hydrogens is 404 g/mol. The van der Waals surface area contributed by atoms with Crippen LogP contribution in [0.3, 0.4) is 0 Å². The minimum atomic E-state index is -0.317. The summed E-state index contributed by atoms with van der Waals surface area (Å²) in [6.45, 7) is 5.68. The lowest BCUT2D eigenvalue weighted by Gasteiger charge is -2.08. The second-order valence-electron chi connectivity index (χ2n) is 5.67. The van der Waals surface area contributed by atoms with Crippen molar-refractivity contribution in [2.45, 2.75) is 25.1 Å². The number of aromatic nitrogens is 4. The fourth-order valence-electron chi connectivity index (χ4n) is 2.18. The minimum Gasteiger partial charge on any atom is -0.325 e. The molecular formula is C16H16N6O2S3. The molecule has 140 valence electrons. The number of hydrogen-bond donors (Lipinski definition) is 2. The summed E-state index contributed by atoms with van der Waals surface area (Å²) < 4.78 is 4.33. The van der Waals surface area contributed by atoms with Crippen LogP contribution >= 0.6 is 34.6 Å². The van der Waals surface area contributed by atoms with Crippen molar-refractivity contribution < 1.29 is 9.59 Å². The maximum atomic E-state index is 12.1. The summed E-state index contributed by atoms with van der Waals surface area (Å²) in [4.78, 5) is 24.7. The molecule has 0 unspecified atom stereocenters. The Kier molecular flexibility index (Phi) is 6.14. The number of rotatable bonds is 6. The van der Waals surface area contributed by atoms with Crippen LogP contribution in [0.4, 0.5) is 10.8 Å². The molecule has 8 nitrogen and oxygen atoms in total. The third kappa shape index (κ3) is 5.08. The number of anilines is 2. The van der Waals surface area contributed by atoms with E-state index >= 15 is 0 Å². The molecule has 3 aromatic rings. The second kappa shape index (κ2) is 8.55. The summed E-state index contributed by atoms with van der Waals surface area (Å²) in [5.74, 6) is -0.241. The van der Waals surface area contributed by atoms with Crippen LogP contribution in [0.15, 0.2) is 22.5 Å². The fraction of sp³-hybridized carbons (Fsp3) is 0.250. The number of aryl methyl sites for hydroxylation is 3. The van der Waals surface area contributed by atoms with Crippen molar-refractivity contribution in [1.29, 1.82) is 0 Å². The minimum absolute atomic E-state index is 0.126. The highest BCUT2D eigenvalue weighted by molar-refractivity contribution is 8.01. The van der Waals surface area contributed by atoms with E-state index in [1.807, 2.05) is 32.0 Å². The highest BCUT2D eigenvalue weighted by Gasteiger charge is 2.16. The largest absolute Gasteiger partial charge is 0.325 e. The van der Waals surface area contributed by atoms with E-state index in [-0.39, 0.29) is 17.6 Å². The number of carbonyl (C=O) groups is 2. The van der Waals surface area contributed by atoms with Crippen LogP contribution < -0.4 is 10.6 Å². The van der Waals surface area contributed by atoms with Crippen LogP contribution in [0.25, 0.3) is 0 Å². The topological polar surface area (TPSA) is 110 Å². The third-order valence-electron chi connectivity index (χ3n) is 3.47. The van der Waals surface area contributed by atoms with Crippen molar-refractivity contribution in [3.05, 3.63) is 39.9 Å². The van der Waals surface area contributed by atoms with Gasteiger partial charge in [0.2, 0.25) is 11.0 Å². The van der Waals surface area contributed by atoms with Crippen LogP contribution in [0.1, 0.15) is 26.5 Å². The molecule has 3 rings (SSSR count). The van der Waals surface area contributed by atoms with E-state index in [4.69, 9.17) is 0 Å². The Morgan fingerprint density at radius 3 is 2.63 bits per heavy atom. The predicted octanol–water partition coefficient (Wildman–Crippen LogP) is 3.30. The molecule has 0 fully saturated rings. The smallest absolute Gasteiger partial charge is 0.271 e. The van der Waals surface area contributed by atoms with Gasteiger partial charge in [-0.2, -0.15) is 0 Å². The first-order valence-electron chi connectivity index (χ1n) is 7.86. The van der Waals surface area contributed by atoms with Gasteiger partial charge >= 0.3 is 0 Å². The molecule has 2 amide bonds. The van der Waals surface area contributed by atoms with Gasteiger partial charge in [0.25, 0.3) is 5.91 Å². The van der Waals surface area contributed by atoms with Crippen molar-refractivity contribution in [3.8, 4) is 0 Å². The van der Waals surface area contributed by atoms with Crippen LogP contribution in [0.2, 0.25) is 0 Å². The van der Waals surface area contributed by atoms with Gasteiger partial charge in [0, 0.05) is 5.69 Å². The Hall–Kier alpha value is -2.37. The van der Waals surface area contributed by atoms with Gasteiger partial charge < -0.3 is 5.32 Å². The van der Waals surface area contributed by atoms with Crippen LogP contribution in [0.5, 0.6) is 0 Å². The SMILES string of the molecule is Cc1ccc(NC(=O)CSc2nnc(NC(=O)c3snnc3C)s2)c(C)c1. The average molecular weight is 421 g/mol. The van der Waals surface area contributed by atoms with Gasteiger partial charge in [0.15, 0.2) is 4.34 Å². The number of nitrogens with zero attached hydrogens (tertiary/aromatic N) is 4. The molecule has 2 heterocycles. The monoisotopic (exact) mass is 420 g/mol. The summed E-state index contributed by atoms with van der Waals surface area (Å²) in [5.41, 5.74) is 3.53. The zero-order chi connectivity index (χ0) is 19.4. The molecule has 0 aliphatic carbocycles. The first-order valence-corrected chi connectivity index (χ1v) is 10.4. The first-order chi connectivity index (χ1) is 12.9. The van der Waals surface area contributed by atoms with Crippen molar-refractivity contribution in [2.24, 2.45) is 0 Å². The number of amides is 2. The average Bonchev–Trinajstić information content (AvgIpc) is 3.24. The normalized spacial score (nSPS) is 10.6.